The molecule has 0 aliphatic carbocycles. The van der Waals surface area contributed by atoms with Crippen molar-refractivity contribution in [2.45, 2.75) is 0 Å². The normalized spacial score (nSPS) is 10.4. The maximum atomic E-state index is 11.0. The second-order valence-corrected chi connectivity index (χ2v) is 4.40. The molecule has 0 radical (unpaired) electrons. The first-order valence-electron chi connectivity index (χ1n) is 5.28. The molecule has 0 atom stereocenters. The Bertz CT molecular complexity index is 573. The van der Waals surface area contributed by atoms with Gasteiger partial charge in [-0.05, 0) is 24.3 Å². The predicted octanol–water partition coefficient (Wildman–Crippen LogP) is 3.18. The maximum Gasteiger partial charge on any atom is 0.207 e. The van der Waals surface area contributed by atoms with Gasteiger partial charge < -0.3 is 14.4 Å². The number of carbonyl (C=O) groups is 1. The summed E-state index contributed by atoms with van der Waals surface area (Å²) >= 11 is 6.13. The summed E-state index contributed by atoms with van der Waals surface area (Å²) in [4.78, 5) is 12.7. The predicted molar refractivity (Wildman–Crippen MR) is 70.5 cm³/mol. The number of halogens is 1. The third kappa shape index (κ3) is 2.07. The number of anilines is 1. The Morgan fingerprint density at radius 1 is 1.28 bits per heavy atom. The molecule has 0 saturated carbocycles. The van der Waals surface area contributed by atoms with Gasteiger partial charge in [-0.3, -0.25) is 4.79 Å². The molecule has 2 aromatic rings. The van der Waals surface area contributed by atoms with Gasteiger partial charge in [0.25, 0.3) is 0 Å². The summed E-state index contributed by atoms with van der Waals surface area (Å²) in [6.07, 6.45) is 0.672. The average molecular weight is 266 g/mol. The first kappa shape index (κ1) is 12.5. The number of nitrogens with zero attached hydrogens (tertiary/aromatic N) is 1. The molecule has 5 heteroatoms. The number of rotatable bonds is 3. The van der Waals surface area contributed by atoms with E-state index in [0.29, 0.717) is 29.1 Å². The summed E-state index contributed by atoms with van der Waals surface area (Å²) < 4.78 is 5.60. The number of carbonyl (C=O) groups excluding carboxylic acids is 1. The van der Waals surface area contributed by atoms with E-state index in [-0.39, 0.29) is 10.8 Å². The Labute approximate surface area is 109 Å². The second kappa shape index (κ2) is 4.74. The largest absolute Gasteiger partial charge is 0.508 e. The zero-order valence-electron chi connectivity index (χ0n) is 9.98. The standard InChI is InChI=1S/C13H12ClNO3/c1-15(2)13-10(7-16)11(14)12(18-13)8-3-5-9(17)6-4-8/h3-7,17H,1-2H3. The van der Waals surface area contributed by atoms with Crippen molar-refractivity contribution in [2.24, 2.45) is 0 Å². The first-order valence-corrected chi connectivity index (χ1v) is 5.66. The molecule has 0 aliphatic heterocycles. The molecule has 0 fully saturated rings. The highest BCUT2D eigenvalue weighted by atomic mass is 35.5. The number of phenols is 1. The second-order valence-electron chi connectivity index (χ2n) is 4.02. The number of furan rings is 1. The van der Waals surface area contributed by atoms with Gasteiger partial charge in [0.05, 0.1) is 10.6 Å². The SMILES string of the molecule is CN(C)c1oc(-c2ccc(O)cc2)c(Cl)c1C=O. The summed E-state index contributed by atoms with van der Waals surface area (Å²) in [5.74, 6) is 0.991. The van der Waals surface area contributed by atoms with E-state index in [9.17, 15) is 9.90 Å². The fraction of sp³-hybridized carbons (Fsp3) is 0.154. The lowest BCUT2D eigenvalue weighted by Crippen LogP contribution is -2.09. The van der Waals surface area contributed by atoms with Crippen molar-refractivity contribution in [2.75, 3.05) is 19.0 Å². The Kier molecular flexibility index (Phi) is 3.30. The summed E-state index contributed by atoms with van der Waals surface area (Å²) in [5.41, 5.74) is 1.03. The molecule has 0 amide bonds. The fourth-order valence-electron chi connectivity index (χ4n) is 1.65. The van der Waals surface area contributed by atoms with E-state index in [1.165, 1.54) is 12.1 Å². The average Bonchev–Trinajstić information content (AvgIpc) is 2.67. The smallest absolute Gasteiger partial charge is 0.207 e. The third-order valence-electron chi connectivity index (χ3n) is 2.52. The van der Waals surface area contributed by atoms with E-state index in [2.05, 4.69) is 0 Å². The minimum atomic E-state index is 0.157. The van der Waals surface area contributed by atoms with Crippen molar-refractivity contribution >= 4 is 23.8 Å². The number of aldehydes is 1. The van der Waals surface area contributed by atoms with Crippen LogP contribution < -0.4 is 4.90 Å². The quantitative estimate of drug-likeness (QED) is 0.866. The minimum Gasteiger partial charge on any atom is -0.508 e. The molecule has 1 aromatic carbocycles. The van der Waals surface area contributed by atoms with Gasteiger partial charge in [-0.1, -0.05) is 11.6 Å². The van der Waals surface area contributed by atoms with Crippen LogP contribution in [-0.4, -0.2) is 25.5 Å². The highest BCUT2D eigenvalue weighted by Crippen LogP contribution is 2.38. The van der Waals surface area contributed by atoms with Crippen LogP contribution in [0.25, 0.3) is 11.3 Å². The van der Waals surface area contributed by atoms with Crippen LogP contribution in [0.1, 0.15) is 10.4 Å². The molecule has 94 valence electrons. The monoisotopic (exact) mass is 265 g/mol. The Hall–Kier alpha value is -1.94. The molecular weight excluding hydrogens is 254 g/mol. The molecule has 4 nitrogen and oxygen atoms in total. The van der Waals surface area contributed by atoms with Gasteiger partial charge in [0, 0.05) is 19.7 Å². The van der Waals surface area contributed by atoms with Crippen LogP contribution in [0.3, 0.4) is 0 Å². The molecule has 0 bridgehead atoms. The molecule has 0 aliphatic rings. The molecule has 0 unspecified atom stereocenters. The summed E-state index contributed by atoms with van der Waals surface area (Å²) in [7, 11) is 3.53. The van der Waals surface area contributed by atoms with E-state index < -0.39 is 0 Å². The molecule has 2 rings (SSSR count). The van der Waals surface area contributed by atoms with Crippen LogP contribution in [0.15, 0.2) is 28.7 Å². The third-order valence-corrected chi connectivity index (χ3v) is 2.89. The summed E-state index contributed by atoms with van der Waals surface area (Å²) in [6.45, 7) is 0. The Morgan fingerprint density at radius 2 is 1.89 bits per heavy atom. The van der Waals surface area contributed by atoms with Gasteiger partial charge in [0.15, 0.2) is 12.0 Å². The van der Waals surface area contributed by atoms with Gasteiger partial charge in [-0.25, -0.2) is 0 Å². The van der Waals surface area contributed by atoms with Gasteiger partial charge in [-0.2, -0.15) is 0 Å². The Morgan fingerprint density at radius 3 is 2.33 bits per heavy atom. The minimum absolute atomic E-state index is 0.157. The number of hydrogen-bond acceptors (Lipinski definition) is 4. The molecule has 1 N–H and O–H groups in total. The van der Waals surface area contributed by atoms with E-state index >= 15 is 0 Å². The fourth-order valence-corrected chi connectivity index (χ4v) is 1.92. The van der Waals surface area contributed by atoms with Crippen molar-refractivity contribution in [3.8, 4) is 17.1 Å². The highest BCUT2D eigenvalue weighted by molar-refractivity contribution is 6.36. The molecule has 1 aromatic heterocycles. The van der Waals surface area contributed by atoms with E-state index in [0.717, 1.165) is 0 Å². The molecule has 0 saturated heterocycles. The van der Waals surface area contributed by atoms with E-state index in [1.807, 2.05) is 0 Å². The summed E-state index contributed by atoms with van der Waals surface area (Å²) in [5, 5.41) is 9.52. The zero-order chi connectivity index (χ0) is 13.3. The molecule has 0 spiro atoms. The molecule has 1 heterocycles. The Balaban J connectivity index is 2.58. The van der Waals surface area contributed by atoms with Gasteiger partial charge >= 0.3 is 0 Å². The van der Waals surface area contributed by atoms with Crippen LogP contribution in [0.2, 0.25) is 5.02 Å². The van der Waals surface area contributed by atoms with Crippen LogP contribution >= 0.6 is 11.6 Å². The van der Waals surface area contributed by atoms with Crippen molar-refractivity contribution in [3.63, 3.8) is 0 Å². The van der Waals surface area contributed by atoms with Crippen LogP contribution in [-0.2, 0) is 0 Å². The van der Waals surface area contributed by atoms with Gasteiger partial charge in [0.1, 0.15) is 5.75 Å². The van der Waals surface area contributed by atoms with Crippen molar-refractivity contribution in [3.05, 3.63) is 34.9 Å². The number of hydrogen-bond donors (Lipinski definition) is 1. The van der Waals surface area contributed by atoms with Gasteiger partial charge in [0.2, 0.25) is 5.88 Å². The summed E-state index contributed by atoms with van der Waals surface area (Å²) in [6, 6.07) is 6.41. The van der Waals surface area contributed by atoms with Crippen molar-refractivity contribution < 1.29 is 14.3 Å². The maximum absolute atomic E-state index is 11.0. The van der Waals surface area contributed by atoms with Gasteiger partial charge in [-0.15, -0.1) is 0 Å². The molecule has 18 heavy (non-hydrogen) atoms. The lowest BCUT2D eigenvalue weighted by Gasteiger charge is -2.08. The number of aromatic hydroxyl groups is 1. The van der Waals surface area contributed by atoms with E-state index in [4.69, 9.17) is 16.0 Å². The van der Waals surface area contributed by atoms with Crippen molar-refractivity contribution in [1.82, 2.24) is 0 Å². The highest BCUT2D eigenvalue weighted by Gasteiger charge is 2.20. The van der Waals surface area contributed by atoms with Crippen LogP contribution in [0, 0.1) is 0 Å². The first-order chi connectivity index (χ1) is 8.54. The van der Waals surface area contributed by atoms with Crippen LogP contribution in [0.4, 0.5) is 5.88 Å². The topological polar surface area (TPSA) is 53.7 Å². The molecular formula is C13H12ClNO3. The van der Waals surface area contributed by atoms with Crippen LogP contribution in [0.5, 0.6) is 5.75 Å². The lowest BCUT2D eigenvalue weighted by atomic mass is 10.1. The van der Waals surface area contributed by atoms with E-state index in [1.54, 1.807) is 31.1 Å². The number of benzene rings is 1. The lowest BCUT2D eigenvalue weighted by molar-refractivity contribution is 0.112. The number of phenolic OH excluding ortho intramolecular Hbond substituents is 1. The van der Waals surface area contributed by atoms with Crippen molar-refractivity contribution in [1.29, 1.82) is 0 Å². The zero-order valence-corrected chi connectivity index (χ0v) is 10.7.